The van der Waals surface area contributed by atoms with Gasteiger partial charge in [0.1, 0.15) is 5.76 Å². The molecule has 5 heteroatoms. The molecule has 1 heterocycles. The third kappa shape index (κ3) is 3.06. The lowest BCUT2D eigenvalue weighted by Crippen LogP contribution is -2.32. The minimum Gasteiger partial charge on any atom is -0.361 e. The molecular weight excluding hydrogens is 194 g/mol. The number of aromatic nitrogens is 1. The van der Waals surface area contributed by atoms with E-state index in [1.807, 2.05) is 13.8 Å². The number of hydrogen-bond donors (Lipinski definition) is 1. The number of likely N-dealkylation sites (N-methyl/N-ethyl adjacent to an activating group) is 1. The Labute approximate surface area is 89.4 Å². The summed E-state index contributed by atoms with van der Waals surface area (Å²) in [7, 11) is 3.47. The maximum absolute atomic E-state index is 11.3. The maximum Gasteiger partial charge on any atom is 0.236 e. The van der Waals surface area contributed by atoms with E-state index in [2.05, 4.69) is 10.5 Å². The van der Waals surface area contributed by atoms with Gasteiger partial charge in [0.25, 0.3) is 0 Å². The Morgan fingerprint density at radius 3 is 2.60 bits per heavy atom. The summed E-state index contributed by atoms with van der Waals surface area (Å²) in [6, 6.07) is 0. The highest BCUT2D eigenvalue weighted by atomic mass is 16.5. The van der Waals surface area contributed by atoms with Crippen LogP contribution in [-0.2, 0) is 11.3 Å². The van der Waals surface area contributed by atoms with Crippen LogP contribution in [0.4, 0.5) is 0 Å². The van der Waals surface area contributed by atoms with Crippen molar-refractivity contribution in [3.8, 4) is 0 Å². The normalized spacial score (nSPS) is 10.4. The first-order valence-electron chi connectivity index (χ1n) is 4.85. The molecule has 0 aromatic carbocycles. The van der Waals surface area contributed by atoms with Gasteiger partial charge in [0, 0.05) is 26.2 Å². The topological polar surface area (TPSA) is 58.4 Å². The van der Waals surface area contributed by atoms with Gasteiger partial charge in [0.2, 0.25) is 5.91 Å². The van der Waals surface area contributed by atoms with Gasteiger partial charge in [-0.25, -0.2) is 0 Å². The van der Waals surface area contributed by atoms with E-state index in [-0.39, 0.29) is 5.91 Å². The van der Waals surface area contributed by atoms with Crippen molar-refractivity contribution in [2.75, 3.05) is 20.6 Å². The van der Waals surface area contributed by atoms with Crippen LogP contribution in [0.15, 0.2) is 4.52 Å². The van der Waals surface area contributed by atoms with Crippen LogP contribution in [0.3, 0.4) is 0 Å². The van der Waals surface area contributed by atoms with E-state index in [1.165, 1.54) is 0 Å². The Kier molecular flexibility index (Phi) is 3.85. The number of carbonyl (C=O) groups excluding carboxylic acids is 1. The second-order valence-corrected chi connectivity index (χ2v) is 3.69. The molecular formula is C10H17N3O2. The molecule has 1 amide bonds. The van der Waals surface area contributed by atoms with Crippen molar-refractivity contribution in [1.82, 2.24) is 15.4 Å². The van der Waals surface area contributed by atoms with Gasteiger partial charge in [-0.15, -0.1) is 0 Å². The van der Waals surface area contributed by atoms with E-state index < -0.39 is 0 Å². The van der Waals surface area contributed by atoms with Gasteiger partial charge in [-0.2, -0.15) is 0 Å². The first-order valence-corrected chi connectivity index (χ1v) is 4.85. The minimum atomic E-state index is 0.0572. The summed E-state index contributed by atoms with van der Waals surface area (Å²) in [6.45, 7) is 4.70. The molecule has 0 unspecified atom stereocenters. The highest BCUT2D eigenvalue weighted by molar-refractivity contribution is 5.77. The Morgan fingerprint density at radius 1 is 1.47 bits per heavy atom. The first-order chi connectivity index (χ1) is 7.02. The standard InChI is InChI=1S/C10H17N3O2/c1-7-9(8(2)15-12-7)5-11-6-10(14)13(3)4/h11H,5-6H2,1-4H3. The van der Waals surface area contributed by atoms with Crippen LogP contribution in [0.2, 0.25) is 0 Å². The van der Waals surface area contributed by atoms with Crippen LogP contribution in [0.5, 0.6) is 0 Å². The van der Waals surface area contributed by atoms with Crippen molar-refractivity contribution in [3.05, 3.63) is 17.0 Å². The van der Waals surface area contributed by atoms with E-state index >= 15 is 0 Å². The van der Waals surface area contributed by atoms with Gasteiger partial charge in [0.15, 0.2) is 0 Å². The number of nitrogens with one attached hydrogen (secondary N) is 1. The smallest absolute Gasteiger partial charge is 0.236 e. The van der Waals surface area contributed by atoms with Crippen molar-refractivity contribution in [2.24, 2.45) is 0 Å². The molecule has 0 aliphatic carbocycles. The van der Waals surface area contributed by atoms with Crippen LogP contribution in [0.25, 0.3) is 0 Å². The Balaban J connectivity index is 2.41. The zero-order chi connectivity index (χ0) is 11.4. The Bertz CT molecular complexity index is 325. The van der Waals surface area contributed by atoms with E-state index in [1.54, 1.807) is 19.0 Å². The second kappa shape index (κ2) is 4.93. The molecule has 84 valence electrons. The van der Waals surface area contributed by atoms with Crippen LogP contribution < -0.4 is 5.32 Å². The fourth-order valence-electron chi connectivity index (χ4n) is 1.21. The van der Waals surface area contributed by atoms with Crippen LogP contribution in [-0.4, -0.2) is 36.6 Å². The van der Waals surface area contributed by atoms with Gasteiger partial charge in [-0.1, -0.05) is 5.16 Å². The summed E-state index contributed by atoms with van der Waals surface area (Å²) in [5, 5.41) is 6.90. The van der Waals surface area contributed by atoms with Gasteiger partial charge in [-0.05, 0) is 13.8 Å². The second-order valence-electron chi connectivity index (χ2n) is 3.69. The molecule has 0 aliphatic rings. The third-order valence-electron chi connectivity index (χ3n) is 2.26. The molecule has 0 atom stereocenters. The van der Waals surface area contributed by atoms with Gasteiger partial charge >= 0.3 is 0 Å². The summed E-state index contributed by atoms with van der Waals surface area (Å²) in [4.78, 5) is 12.8. The van der Waals surface area contributed by atoms with Crippen molar-refractivity contribution < 1.29 is 9.32 Å². The number of nitrogens with zero attached hydrogens (tertiary/aromatic N) is 2. The highest BCUT2D eigenvalue weighted by Gasteiger charge is 2.09. The van der Waals surface area contributed by atoms with Gasteiger partial charge in [-0.3, -0.25) is 4.79 Å². The van der Waals surface area contributed by atoms with Crippen LogP contribution >= 0.6 is 0 Å². The molecule has 0 aliphatic heterocycles. The average Bonchev–Trinajstić information content (AvgIpc) is 2.48. The molecule has 0 radical (unpaired) electrons. The molecule has 1 rings (SSSR count). The number of amides is 1. The molecule has 1 aromatic rings. The molecule has 1 N–H and O–H groups in total. The minimum absolute atomic E-state index is 0.0572. The fourth-order valence-corrected chi connectivity index (χ4v) is 1.21. The molecule has 15 heavy (non-hydrogen) atoms. The number of rotatable bonds is 4. The predicted octanol–water partition coefficient (Wildman–Crippen LogP) is 0.469. The van der Waals surface area contributed by atoms with Gasteiger partial charge < -0.3 is 14.7 Å². The van der Waals surface area contributed by atoms with E-state index in [4.69, 9.17) is 4.52 Å². The molecule has 5 nitrogen and oxygen atoms in total. The number of hydrogen-bond acceptors (Lipinski definition) is 4. The van der Waals surface area contributed by atoms with Crippen molar-refractivity contribution in [3.63, 3.8) is 0 Å². The first kappa shape index (κ1) is 11.7. The SMILES string of the molecule is Cc1noc(C)c1CNCC(=O)N(C)C. The van der Waals surface area contributed by atoms with Crippen LogP contribution in [0.1, 0.15) is 17.0 Å². The zero-order valence-corrected chi connectivity index (χ0v) is 9.63. The Morgan fingerprint density at radius 2 is 2.13 bits per heavy atom. The van der Waals surface area contributed by atoms with E-state index in [0.717, 1.165) is 17.0 Å². The summed E-state index contributed by atoms with van der Waals surface area (Å²) in [5.41, 5.74) is 1.90. The monoisotopic (exact) mass is 211 g/mol. The molecule has 0 bridgehead atoms. The molecule has 0 saturated carbocycles. The largest absolute Gasteiger partial charge is 0.361 e. The van der Waals surface area contributed by atoms with E-state index in [9.17, 15) is 4.79 Å². The van der Waals surface area contributed by atoms with Gasteiger partial charge in [0.05, 0.1) is 12.2 Å². The molecule has 0 fully saturated rings. The average molecular weight is 211 g/mol. The summed E-state index contributed by atoms with van der Waals surface area (Å²) in [5.74, 6) is 0.860. The zero-order valence-electron chi connectivity index (χ0n) is 9.63. The predicted molar refractivity (Wildman–Crippen MR) is 56.4 cm³/mol. The van der Waals surface area contributed by atoms with Crippen LogP contribution in [0, 0.1) is 13.8 Å². The summed E-state index contributed by atoms with van der Waals surface area (Å²) >= 11 is 0. The quantitative estimate of drug-likeness (QED) is 0.786. The summed E-state index contributed by atoms with van der Waals surface area (Å²) < 4.78 is 5.01. The summed E-state index contributed by atoms with van der Waals surface area (Å²) in [6.07, 6.45) is 0. The molecule has 0 spiro atoms. The van der Waals surface area contributed by atoms with E-state index in [0.29, 0.717) is 13.1 Å². The lowest BCUT2D eigenvalue weighted by Gasteiger charge is -2.10. The van der Waals surface area contributed by atoms with Crippen molar-refractivity contribution in [1.29, 1.82) is 0 Å². The van der Waals surface area contributed by atoms with Crippen molar-refractivity contribution in [2.45, 2.75) is 20.4 Å². The third-order valence-corrected chi connectivity index (χ3v) is 2.26. The fraction of sp³-hybridized carbons (Fsp3) is 0.600. The molecule has 1 aromatic heterocycles. The van der Waals surface area contributed by atoms with Crippen molar-refractivity contribution >= 4 is 5.91 Å². The maximum atomic E-state index is 11.3. The lowest BCUT2D eigenvalue weighted by atomic mass is 10.2. The molecule has 0 saturated heterocycles. The number of carbonyl (C=O) groups is 1. The lowest BCUT2D eigenvalue weighted by molar-refractivity contribution is -0.127. The Hall–Kier alpha value is -1.36. The highest BCUT2D eigenvalue weighted by Crippen LogP contribution is 2.10. The number of aryl methyl sites for hydroxylation is 2.